The fraction of sp³-hybridized carbons (Fsp3) is 0.300. The predicted octanol–water partition coefficient (Wildman–Crippen LogP) is 2.23. The zero-order valence-electron chi connectivity index (χ0n) is 16.8. The average molecular weight is 426 g/mol. The molecule has 0 atom stereocenters. The van der Waals surface area contributed by atoms with Crippen molar-refractivity contribution in [3.63, 3.8) is 0 Å². The molecule has 10 heteroatoms. The monoisotopic (exact) mass is 425 g/mol. The molecule has 0 amide bonds. The molecule has 156 valence electrons. The number of sulfonamides is 1. The highest BCUT2D eigenvalue weighted by Crippen LogP contribution is 2.31. The topological polar surface area (TPSA) is 110 Å². The fourth-order valence-corrected chi connectivity index (χ4v) is 4.44. The molecule has 0 radical (unpaired) electrons. The van der Waals surface area contributed by atoms with Crippen molar-refractivity contribution in [2.75, 3.05) is 49.1 Å². The number of fused-ring (bicyclic) bond motifs is 2. The van der Waals surface area contributed by atoms with E-state index >= 15 is 0 Å². The number of benzene rings is 2. The summed E-state index contributed by atoms with van der Waals surface area (Å²) in [6.07, 6.45) is 1.12. The lowest BCUT2D eigenvalue weighted by atomic mass is 10.2. The summed E-state index contributed by atoms with van der Waals surface area (Å²) < 4.78 is 25.8. The number of nitrogens with zero attached hydrogens (tertiary/aromatic N) is 4. The standard InChI is InChI=1S/C20H23N7O2S/c1-26-8-10-27(11-9-26)13-6-7-15-17(12-13)22-20(21-15)19-14-4-3-5-16(18(14)23-24-19)25-30(2,28)29/h3-7,12,25H,8-11H2,1-2H3,(H,21,22)(H,23,24). The van der Waals surface area contributed by atoms with Crippen LogP contribution < -0.4 is 9.62 Å². The van der Waals surface area contributed by atoms with E-state index in [9.17, 15) is 8.42 Å². The molecule has 0 saturated carbocycles. The lowest BCUT2D eigenvalue weighted by Gasteiger charge is -2.34. The number of imidazole rings is 1. The van der Waals surface area contributed by atoms with E-state index in [2.05, 4.69) is 48.9 Å². The first-order valence-corrected chi connectivity index (χ1v) is 11.6. The van der Waals surface area contributed by atoms with Gasteiger partial charge in [-0.2, -0.15) is 5.10 Å². The number of anilines is 2. The zero-order valence-corrected chi connectivity index (χ0v) is 17.6. The lowest BCUT2D eigenvalue weighted by Crippen LogP contribution is -2.44. The van der Waals surface area contributed by atoms with E-state index in [-0.39, 0.29) is 0 Å². The van der Waals surface area contributed by atoms with E-state index in [1.54, 1.807) is 12.1 Å². The summed E-state index contributed by atoms with van der Waals surface area (Å²) in [6, 6.07) is 11.6. The molecule has 30 heavy (non-hydrogen) atoms. The van der Waals surface area contributed by atoms with Gasteiger partial charge >= 0.3 is 0 Å². The van der Waals surface area contributed by atoms with Gasteiger partial charge in [-0.05, 0) is 31.3 Å². The molecule has 1 saturated heterocycles. The van der Waals surface area contributed by atoms with Gasteiger partial charge in [-0.15, -0.1) is 0 Å². The van der Waals surface area contributed by atoms with Crippen molar-refractivity contribution < 1.29 is 8.42 Å². The van der Waals surface area contributed by atoms with Crippen LogP contribution in [0.2, 0.25) is 0 Å². The number of rotatable bonds is 4. The Bertz CT molecular complexity index is 1330. The summed E-state index contributed by atoms with van der Waals surface area (Å²) in [7, 11) is -1.25. The third-order valence-electron chi connectivity index (χ3n) is 5.45. The zero-order chi connectivity index (χ0) is 20.9. The highest BCUT2D eigenvalue weighted by Gasteiger charge is 2.18. The number of H-pyrrole nitrogens is 2. The Hall–Kier alpha value is -3.11. The van der Waals surface area contributed by atoms with Gasteiger partial charge in [0.1, 0.15) is 11.2 Å². The number of likely N-dealkylation sites (N-methyl/N-ethyl adjacent to an activating group) is 1. The van der Waals surface area contributed by atoms with Crippen LogP contribution in [0.15, 0.2) is 36.4 Å². The molecule has 4 aromatic rings. The maximum absolute atomic E-state index is 11.6. The van der Waals surface area contributed by atoms with Crippen molar-refractivity contribution in [2.45, 2.75) is 0 Å². The van der Waals surface area contributed by atoms with Crippen LogP contribution in [-0.4, -0.2) is 73.0 Å². The molecule has 0 unspecified atom stereocenters. The summed E-state index contributed by atoms with van der Waals surface area (Å²) in [5.41, 5.74) is 4.72. The van der Waals surface area contributed by atoms with Crippen LogP contribution in [0.25, 0.3) is 33.5 Å². The van der Waals surface area contributed by atoms with Gasteiger partial charge in [0.15, 0.2) is 5.82 Å². The molecule has 9 nitrogen and oxygen atoms in total. The van der Waals surface area contributed by atoms with Crippen molar-refractivity contribution in [2.24, 2.45) is 0 Å². The molecule has 1 aliphatic heterocycles. The molecular weight excluding hydrogens is 402 g/mol. The van der Waals surface area contributed by atoms with Gasteiger partial charge in [0.2, 0.25) is 10.0 Å². The SMILES string of the molecule is CN1CCN(c2ccc3nc(-c4[nH]nc5c(NS(C)(=O)=O)cccc45)[nH]c3c2)CC1. The van der Waals surface area contributed by atoms with E-state index in [0.29, 0.717) is 17.0 Å². The first kappa shape index (κ1) is 18.9. The van der Waals surface area contributed by atoms with E-state index in [4.69, 9.17) is 4.98 Å². The van der Waals surface area contributed by atoms with Crippen molar-refractivity contribution in [1.29, 1.82) is 0 Å². The smallest absolute Gasteiger partial charge is 0.229 e. The van der Waals surface area contributed by atoms with Gasteiger partial charge in [-0.1, -0.05) is 12.1 Å². The first-order valence-electron chi connectivity index (χ1n) is 9.76. The number of nitrogens with one attached hydrogen (secondary N) is 3. The Morgan fingerprint density at radius 1 is 1.10 bits per heavy atom. The highest BCUT2D eigenvalue weighted by molar-refractivity contribution is 7.92. The van der Waals surface area contributed by atoms with Crippen LogP contribution in [0.3, 0.4) is 0 Å². The molecule has 2 aromatic heterocycles. The van der Waals surface area contributed by atoms with Gasteiger partial charge in [0, 0.05) is 37.3 Å². The van der Waals surface area contributed by atoms with Crippen molar-refractivity contribution >= 4 is 43.3 Å². The van der Waals surface area contributed by atoms with Gasteiger partial charge in [-0.3, -0.25) is 9.82 Å². The van der Waals surface area contributed by atoms with Crippen LogP contribution in [0, 0.1) is 0 Å². The van der Waals surface area contributed by atoms with Crippen molar-refractivity contribution in [3.8, 4) is 11.5 Å². The largest absolute Gasteiger partial charge is 0.369 e. The van der Waals surface area contributed by atoms with Crippen LogP contribution in [0.1, 0.15) is 0 Å². The van der Waals surface area contributed by atoms with Crippen LogP contribution in [0.5, 0.6) is 0 Å². The Kier molecular flexibility index (Phi) is 4.40. The molecule has 5 rings (SSSR count). The molecule has 2 aromatic carbocycles. The summed E-state index contributed by atoms with van der Waals surface area (Å²) in [4.78, 5) is 12.8. The van der Waals surface area contributed by atoms with Gasteiger partial charge in [0.25, 0.3) is 0 Å². The minimum atomic E-state index is -3.40. The lowest BCUT2D eigenvalue weighted by molar-refractivity contribution is 0.313. The second-order valence-electron chi connectivity index (χ2n) is 7.75. The molecular formula is C20H23N7O2S. The second-order valence-corrected chi connectivity index (χ2v) is 9.50. The van der Waals surface area contributed by atoms with E-state index in [1.807, 2.05) is 12.1 Å². The molecule has 0 spiro atoms. The highest BCUT2D eigenvalue weighted by atomic mass is 32.2. The maximum atomic E-state index is 11.6. The number of piperazine rings is 1. The Balaban J connectivity index is 1.52. The minimum absolute atomic E-state index is 0.436. The van der Waals surface area contributed by atoms with Crippen molar-refractivity contribution in [1.82, 2.24) is 25.1 Å². The first-order chi connectivity index (χ1) is 14.4. The van der Waals surface area contributed by atoms with E-state index < -0.39 is 10.0 Å². The van der Waals surface area contributed by atoms with E-state index in [0.717, 1.165) is 54.5 Å². The predicted molar refractivity (Wildman–Crippen MR) is 119 cm³/mol. The number of para-hydroxylation sites is 1. The molecule has 3 N–H and O–H groups in total. The minimum Gasteiger partial charge on any atom is -0.369 e. The van der Waals surface area contributed by atoms with Crippen LogP contribution in [0.4, 0.5) is 11.4 Å². The summed E-state index contributed by atoms with van der Waals surface area (Å²) in [5, 5.41) is 8.12. The molecule has 3 heterocycles. The fourth-order valence-electron chi connectivity index (χ4n) is 3.88. The number of hydrogen-bond donors (Lipinski definition) is 3. The van der Waals surface area contributed by atoms with Crippen LogP contribution in [-0.2, 0) is 10.0 Å². The summed E-state index contributed by atoms with van der Waals surface area (Å²) in [6.45, 7) is 4.11. The normalized spacial score (nSPS) is 15.9. The number of hydrogen-bond acceptors (Lipinski definition) is 6. The third kappa shape index (κ3) is 3.48. The van der Waals surface area contributed by atoms with E-state index in [1.165, 1.54) is 5.69 Å². The summed E-state index contributed by atoms with van der Waals surface area (Å²) >= 11 is 0. The molecule has 1 fully saturated rings. The Morgan fingerprint density at radius 3 is 2.67 bits per heavy atom. The van der Waals surface area contributed by atoms with Crippen molar-refractivity contribution in [3.05, 3.63) is 36.4 Å². The molecule has 1 aliphatic rings. The second kappa shape index (κ2) is 6.99. The van der Waals surface area contributed by atoms with Gasteiger partial charge < -0.3 is 14.8 Å². The molecule has 0 bridgehead atoms. The third-order valence-corrected chi connectivity index (χ3v) is 6.04. The van der Waals surface area contributed by atoms with Gasteiger partial charge in [0.05, 0.1) is 23.0 Å². The quantitative estimate of drug-likeness (QED) is 0.463. The molecule has 0 aliphatic carbocycles. The number of aromatic nitrogens is 4. The Morgan fingerprint density at radius 2 is 1.90 bits per heavy atom. The van der Waals surface area contributed by atoms with Gasteiger partial charge in [-0.25, -0.2) is 13.4 Å². The summed E-state index contributed by atoms with van der Waals surface area (Å²) in [5.74, 6) is 0.666. The maximum Gasteiger partial charge on any atom is 0.229 e. The average Bonchev–Trinajstić information content (AvgIpc) is 3.31. The van der Waals surface area contributed by atoms with Crippen LogP contribution >= 0.6 is 0 Å². The Labute approximate surface area is 174 Å². The number of aromatic amines is 2.